The third-order valence-corrected chi connectivity index (χ3v) is 4.39. The molecule has 0 aliphatic rings. The number of phenols is 2. The van der Waals surface area contributed by atoms with Crippen LogP contribution in [0, 0.1) is 0 Å². The summed E-state index contributed by atoms with van der Waals surface area (Å²) in [4.78, 5) is 18.6. The van der Waals surface area contributed by atoms with Crippen LogP contribution in [-0.2, 0) is 11.0 Å². The number of hydrogen-bond donors (Lipinski definition) is 4. The van der Waals surface area contributed by atoms with Crippen molar-refractivity contribution >= 4 is 12.9 Å². The van der Waals surface area contributed by atoms with Crippen LogP contribution >= 0.6 is 7.60 Å². The van der Waals surface area contributed by atoms with Gasteiger partial charge in [-0.25, -0.2) is 0 Å². The van der Waals surface area contributed by atoms with Crippen LogP contribution in [0.1, 0.15) is 51.0 Å². The SMILES string of the molecule is CCCCCCCCc1c(O)ccc(O)c1P(=O)(O)O. The summed E-state index contributed by atoms with van der Waals surface area (Å²) in [7, 11) is -4.60. The van der Waals surface area contributed by atoms with Gasteiger partial charge in [0.1, 0.15) is 16.8 Å². The van der Waals surface area contributed by atoms with Gasteiger partial charge in [0.2, 0.25) is 0 Å². The highest BCUT2D eigenvalue weighted by Crippen LogP contribution is 2.41. The van der Waals surface area contributed by atoms with Crippen LogP contribution in [0.4, 0.5) is 0 Å². The lowest BCUT2D eigenvalue weighted by molar-refractivity contribution is 0.383. The Hall–Kier alpha value is -1.03. The topological polar surface area (TPSA) is 98.0 Å². The molecule has 0 saturated heterocycles. The van der Waals surface area contributed by atoms with Gasteiger partial charge in [-0.2, -0.15) is 0 Å². The van der Waals surface area contributed by atoms with Gasteiger partial charge in [-0.1, -0.05) is 39.0 Å². The summed E-state index contributed by atoms with van der Waals surface area (Å²) in [6.45, 7) is 2.14. The summed E-state index contributed by atoms with van der Waals surface area (Å²) < 4.78 is 11.4. The molecule has 0 amide bonds. The van der Waals surface area contributed by atoms with E-state index in [2.05, 4.69) is 6.92 Å². The maximum absolute atomic E-state index is 11.4. The fourth-order valence-electron chi connectivity index (χ4n) is 2.27. The number of aromatic hydroxyl groups is 2. The van der Waals surface area contributed by atoms with Crippen LogP contribution in [0.3, 0.4) is 0 Å². The Kier molecular flexibility index (Phi) is 6.53. The van der Waals surface area contributed by atoms with E-state index in [1.165, 1.54) is 12.5 Å². The summed E-state index contributed by atoms with van der Waals surface area (Å²) in [5.74, 6) is -0.633. The maximum Gasteiger partial charge on any atom is 0.360 e. The second-order valence-corrected chi connectivity index (χ2v) is 6.53. The second kappa shape index (κ2) is 7.67. The minimum absolute atomic E-state index is 0.161. The zero-order chi connectivity index (χ0) is 15.2. The first-order valence-corrected chi connectivity index (χ1v) is 8.59. The Labute approximate surface area is 119 Å². The van der Waals surface area contributed by atoms with E-state index >= 15 is 0 Å². The van der Waals surface area contributed by atoms with E-state index in [1.54, 1.807) is 0 Å². The fraction of sp³-hybridized carbons (Fsp3) is 0.571. The Balaban J connectivity index is 2.74. The Morgan fingerprint density at radius 3 is 2.10 bits per heavy atom. The van der Waals surface area contributed by atoms with Crippen LogP contribution in [0.5, 0.6) is 11.5 Å². The molecule has 1 rings (SSSR count). The van der Waals surface area contributed by atoms with Gasteiger partial charge in [0, 0.05) is 5.56 Å². The van der Waals surface area contributed by atoms with Gasteiger partial charge in [-0.05, 0) is 25.0 Å². The van der Waals surface area contributed by atoms with E-state index in [1.807, 2.05) is 0 Å². The molecule has 0 aliphatic heterocycles. The third kappa shape index (κ3) is 4.82. The third-order valence-electron chi connectivity index (χ3n) is 3.31. The highest BCUT2D eigenvalue weighted by atomic mass is 31.2. The molecule has 0 spiro atoms. The minimum atomic E-state index is -4.60. The first-order chi connectivity index (χ1) is 9.38. The van der Waals surface area contributed by atoms with Gasteiger partial charge in [0.15, 0.2) is 0 Å². The van der Waals surface area contributed by atoms with Crippen molar-refractivity contribution in [2.24, 2.45) is 0 Å². The summed E-state index contributed by atoms with van der Waals surface area (Å²) in [5, 5.41) is 18.9. The van der Waals surface area contributed by atoms with Crippen molar-refractivity contribution in [1.29, 1.82) is 0 Å². The van der Waals surface area contributed by atoms with Crippen LogP contribution in [0.25, 0.3) is 0 Å². The molecule has 0 heterocycles. The fourth-order valence-corrected chi connectivity index (χ4v) is 3.22. The monoisotopic (exact) mass is 302 g/mol. The van der Waals surface area contributed by atoms with E-state index in [4.69, 9.17) is 0 Å². The highest BCUT2D eigenvalue weighted by Gasteiger charge is 2.27. The Morgan fingerprint density at radius 2 is 1.50 bits per heavy atom. The average molecular weight is 302 g/mol. The summed E-state index contributed by atoms with van der Waals surface area (Å²) >= 11 is 0. The van der Waals surface area contributed by atoms with Gasteiger partial charge in [0.05, 0.1) is 0 Å². The molecule has 5 nitrogen and oxygen atoms in total. The quantitative estimate of drug-likeness (QED) is 0.336. The smallest absolute Gasteiger partial charge is 0.360 e. The molecule has 0 radical (unpaired) electrons. The van der Waals surface area contributed by atoms with Crippen molar-refractivity contribution in [3.8, 4) is 11.5 Å². The van der Waals surface area contributed by atoms with E-state index in [-0.39, 0.29) is 11.3 Å². The Bertz CT molecular complexity index is 481. The maximum atomic E-state index is 11.4. The standard InChI is InChI=1S/C14H23O5P/c1-2-3-4-5-6-7-8-11-12(15)9-10-13(16)14(11)20(17,18)19/h9-10,15-16H,2-8H2,1H3,(H2,17,18,19). The van der Waals surface area contributed by atoms with Crippen LogP contribution in [0.15, 0.2) is 12.1 Å². The predicted octanol–water partition coefficient (Wildman–Crippen LogP) is 2.80. The van der Waals surface area contributed by atoms with Crippen LogP contribution in [-0.4, -0.2) is 20.0 Å². The molecule has 0 saturated carbocycles. The molecule has 0 bridgehead atoms. The average Bonchev–Trinajstić information content (AvgIpc) is 2.36. The molecular weight excluding hydrogens is 279 g/mol. The first kappa shape index (κ1) is 17.0. The van der Waals surface area contributed by atoms with E-state index in [9.17, 15) is 24.6 Å². The molecule has 0 atom stereocenters. The number of benzene rings is 1. The molecule has 4 N–H and O–H groups in total. The number of hydrogen-bond acceptors (Lipinski definition) is 3. The molecule has 1 aromatic carbocycles. The second-order valence-electron chi connectivity index (χ2n) is 4.99. The van der Waals surface area contributed by atoms with Crippen molar-refractivity contribution in [2.45, 2.75) is 51.9 Å². The van der Waals surface area contributed by atoms with Crippen molar-refractivity contribution < 1.29 is 24.6 Å². The molecule has 0 aromatic heterocycles. The molecule has 6 heteroatoms. The first-order valence-electron chi connectivity index (χ1n) is 6.97. The van der Waals surface area contributed by atoms with E-state index < -0.39 is 18.6 Å². The zero-order valence-corrected chi connectivity index (χ0v) is 12.6. The number of unbranched alkanes of at least 4 members (excludes halogenated alkanes) is 5. The largest absolute Gasteiger partial charge is 0.508 e. The van der Waals surface area contributed by atoms with Gasteiger partial charge in [-0.3, -0.25) is 4.57 Å². The lowest BCUT2D eigenvalue weighted by Gasteiger charge is -2.14. The summed E-state index contributed by atoms with van der Waals surface area (Å²) in [6.07, 6.45) is 6.59. The molecule has 114 valence electrons. The van der Waals surface area contributed by atoms with Crippen LogP contribution < -0.4 is 5.30 Å². The zero-order valence-electron chi connectivity index (χ0n) is 11.7. The van der Waals surface area contributed by atoms with Crippen molar-refractivity contribution in [3.05, 3.63) is 17.7 Å². The van der Waals surface area contributed by atoms with Crippen molar-refractivity contribution in [3.63, 3.8) is 0 Å². The molecule has 0 fully saturated rings. The molecule has 0 aliphatic carbocycles. The summed E-state index contributed by atoms with van der Waals surface area (Å²) in [6, 6.07) is 2.37. The Morgan fingerprint density at radius 1 is 0.950 bits per heavy atom. The lowest BCUT2D eigenvalue weighted by Crippen LogP contribution is -2.12. The van der Waals surface area contributed by atoms with Crippen molar-refractivity contribution in [2.75, 3.05) is 0 Å². The lowest BCUT2D eigenvalue weighted by atomic mass is 10.0. The van der Waals surface area contributed by atoms with Crippen LogP contribution in [0.2, 0.25) is 0 Å². The summed E-state index contributed by atoms with van der Waals surface area (Å²) in [5.41, 5.74) is 0.161. The van der Waals surface area contributed by atoms with E-state index in [0.29, 0.717) is 6.42 Å². The number of phenolic OH excluding ortho intramolecular Hbond substituents is 2. The minimum Gasteiger partial charge on any atom is -0.508 e. The van der Waals surface area contributed by atoms with Gasteiger partial charge >= 0.3 is 7.60 Å². The van der Waals surface area contributed by atoms with Gasteiger partial charge in [0.25, 0.3) is 0 Å². The molecular formula is C14H23O5P. The normalized spacial score (nSPS) is 11.8. The van der Waals surface area contributed by atoms with E-state index in [0.717, 1.165) is 38.2 Å². The molecule has 1 aromatic rings. The molecule has 0 unspecified atom stereocenters. The van der Waals surface area contributed by atoms with Gasteiger partial charge < -0.3 is 20.0 Å². The number of rotatable bonds is 8. The highest BCUT2D eigenvalue weighted by molar-refractivity contribution is 7.60. The predicted molar refractivity (Wildman–Crippen MR) is 78.5 cm³/mol. The molecule has 20 heavy (non-hydrogen) atoms. The van der Waals surface area contributed by atoms with Crippen molar-refractivity contribution in [1.82, 2.24) is 0 Å². The van der Waals surface area contributed by atoms with Gasteiger partial charge in [-0.15, -0.1) is 0 Å².